The Balaban J connectivity index is 1.82. The fourth-order valence-corrected chi connectivity index (χ4v) is 3.75. The number of carbonyl (C=O) groups excluding carboxylic acids is 2. The molecule has 2 aliphatic carbocycles. The molecule has 0 saturated heterocycles. The molecule has 0 N–H and O–H groups in total. The van der Waals surface area contributed by atoms with Crippen molar-refractivity contribution >= 4 is 11.6 Å². The summed E-state index contributed by atoms with van der Waals surface area (Å²) in [7, 11) is 0. The van der Waals surface area contributed by atoms with E-state index in [2.05, 4.69) is 4.98 Å². The molecule has 1 unspecified atom stereocenters. The first-order chi connectivity index (χ1) is 9.20. The highest BCUT2D eigenvalue weighted by Crippen LogP contribution is 2.50. The third-order valence-corrected chi connectivity index (χ3v) is 4.87. The summed E-state index contributed by atoms with van der Waals surface area (Å²) in [4.78, 5) is 28.5. The van der Waals surface area contributed by atoms with Gasteiger partial charge in [0.05, 0.1) is 5.92 Å². The largest absolute Gasteiger partial charge is 0.299 e. The van der Waals surface area contributed by atoms with Gasteiger partial charge in [-0.25, -0.2) is 0 Å². The molecule has 1 atom stereocenters. The molecule has 2 aliphatic rings. The van der Waals surface area contributed by atoms with Crippen LogP contribution in [0.5, 0.6) is 0 Å². The summed E-state index contributed by atoms with van der Waals surface area (Å²) in [5.41, 5.74) is 0.907. The molecule has 0 amide bonds. The van der Waals surface area contributed by atoms with Crippen LogP contribution in [0, 0.1) is 11.3 Å². The van der Waals surface area contributed by atoms with Crippen molar-refractivity contribution in [3.8, 4) is 0 Å². The summed E-state index contributed by atoms with van der Waals surface area (Å²) in [5.74, 6) is -0.271. The van der Waals surface area contributed by atoms with Crippen LogP contribution in [0.4, 0.5) is 0 Å². The van der Waals surface area contributed by atoms with Gasteiger partial charge in [-0.1, -0.05) is 12.8 Å². The number of carbonyl (C=O) groups is 2. The minimum absolute atomic E-state index is 0.00150. The summed E-state index contributed by atoms with van der Waals surface area (Å²) in [6.07, 6.45) is 10.5. The van der Waals surface area contributed by atoms with Gasteiger partial charge in [-0.15, -0.1) is 0 Å². The normalized spacial score (nSPS) is 25.7. The Morgan fingerprint density at radius 3 is 2.53 bits per heavy atom. The Labute approximate surface area is 113 Å². The molecule has 1 aromatic heterocycles. The number of nitrogens with zero attached hydrogens (tertiary/aromatic N) is 1. The lowest BCUT2D eigenvalue weighted by atomic mass is 9.66. The van der Waals surface area contributed by atoms with Crippen LogP contribution in [-0.4, -0.2) is 16.6 Å². The van der Waals surface area contributed by atoms with Gasteiger partial charge < -0.3 is 0 Å². The third kappa shape index (κ3) is 2.34. The fraction of sp³-hybridized carbons (Fsp3) is 0.562. The van der Waals surface area contributed by atoms with E-state index >= 15 is 0 Å². The average Bonchev–Trinajstić information content (AvgIpc) is 2.90. The zero-order valence-corrected chi connectivity index (χ0v) is 11.1. The van der Waals surface area contributed by atoms with Gasteiger partial charge in [0, 0.05) is 24.4 Å². The van der Waals surface area contributed by atoms with E-state index in [1.807, 2.05) is 0 Å². The second-order valence-corrected chi connectivity index (χ2v) is 6.03. The van der Waals surface area contributed by atoms with Crippen LogP contribution in [0.25, 0.3) is 0 Å². The Hall–Kier alpha value is -1.51. The van der Waals surface area contributed by atoms with E-state index in [1.54, 1.807) is 24.5 Å². The lowest BCUT2D eigenvalue weighted by Crippen LogP contribution is -2.36. The summed E-state index contributed by atoms with van der Waals surface area (Å²) in [6.45, 7) is 0. The minimum Gasteiger partial charge on any atom is -0.299 e. The first kappa shape index (κ1) is 12.5. The van der Waals surface area contributed by atoms with E-state index in [0.29, 0.717) is 12.0 Å². The molecule has 0 aliphatic heterocycles. The van der Waals surface area contributed by atoms with Gasteiger partial charge in [0.2, 0.25) is 0 Å². The second kappa shape index (κ2) is 4.87. The molecule has 1 heterocycles. The molecular weight excluding hydrogens is 238 g/mol. The first-order valence-electron chi connectivity index (χ1n) is 7.17. The number of Topliss-reactive ketones (excluding diaryl/α,β-unsaturated/α-hetero) is 2. The smallest absolute Gasteiger partial charge is 0.173 e. The number of hydrogen-bond acceptors (Lipinski definition) is 3. The highest BCUT2D eigenvalue weighted by atomic mass is 16.2. The predicted molar refractivity (Wildman–Crippen MR) is 71.8 cm³/mol. The zero-order chi connectivity index (χ0) is 13.3. The van der Waals surface area contributed by atoms with Gasteiger partial charge in [0.1, 0.15) is 5.78 Å². The van der Waals surface area contributed by atoms with E-state index in [0.717, 1.165) is 12.8 Å². The summed E-state index contributed by atoms with van der Waals surface area (Å²) < 4.78 is 0. The Morgan fingerprint density at radius 1 is 1.16 bits per heavy atom. The van der Waals surface area contributed by atoms with Gasteiger partial charge in [0.15, 0.2) is 5.78 Å². The molecule has 0 aromatic carbocycles. The van der Waals surface area contributed by atoms with Crippen LogP contribution < -0.4 is 0 Å². The van der Waals surface area contributed by atoms with Crippen molar-refractivity contribution in [3.63, 3.8) is 0 Å². The maximum Gasteiger partial charge on any atom is 0.173 e. The van der Waals surface area contributed by atoms with Gasteiger partial charge in [-0.3, -0.25) is 14.6 Å². The topological polar surface area (TPSA) is 47.0 Å². The maximum absolute atomic E-state index is 12.5. The van der Waals surface area contributed by atoms with Crippen LogP contribution in [0.15, 0.2) is 24.5 Å². The SMILES string of the molecule is O=C1CCC2(CCCC2)CC1C(=O)c1ccncc1. The van der Waals surface area contributed by atoms with Crippen molar-refractivity contribution in [2.45, 2.75) is 44.9 Å². The summed E-state index contributed by atoms with van der Waals surface area (Å²) in [5, 5.41) is 0. The van der Waals surface area contributed by atoms with Gasteiger partial charge in [0.25, 0.3) is 0 Å². The fourth-order valence-electron chi connectivity index (χ4n) is 3.75. The van der Waals surface area contributed by atoms with E-state index in [9.17, 15) is 9.59 Å². The molecule has 3 nitrogen and oxygen atoms in total. The quantitative estimate of drug-likeness (QED) is 0.604. The average molecular weight is 257 g/mol. The first-order valence-corrected chi connectivity index (χ1v) is 7.17. The molecule has 100 valence electrons. The minimum atomic E-state index is -0.408. The lowest BCUT2D eigenvalue weighted by molar-refractivity contribution is -0.125. The molecule has 19 heavy (non-hydrogen) atoms. The second-order valence-electron chi connectivity index (χ2n) is 6.03. The molecule has 3 heteroatoms. The predicted octanol–water partition coefficient (Wildman–Crippen LogP) is 3.19. The Kier molecular flexibility index (Phi) is 3.21. The third-order valence-electron chi connectivity index (χ3n) is 4.87. The standard InChI is InChI=1S/C16H19NO2/c18-14-3-8-16(6-1-2-7-16)11-13(14)15(19)12-4-9-17-10-5-12/h4-5,9-10,13H,1-3,6-8,11H2. The van der Waals surface area contributed by atoms with E-state index < -0.39 is 5.92 Å². The van der Waals surface area contributed by atoms with Crippen molar-refractivity contribution < 1.29 is 9.59 Å². The number of aromatic nitrogens is 1. The number of rotatable bonds is 2. The van der Waals surface area contributed by atoms with Crippen molar-refractivity contribution in [2.75, 3.05) is 0 Å². The van der Waals surface area contributed by atoms with Crippen LogP contribution >= 0.6 is 0 Å². The lowest BCUT2D eigenvalue weighted by Gasteiger charge is -2.36. The van der Waals surface area contributed by atoms with E-state index in [-0.39, 0.29) is 17.0 Å². The molecule has 2 saturated carbocycles. The van der Waals surface area contributed by atoms with Crippen LogP contribution in [0.1, 0.15) is 55.3 Å². The maximum atomic E-state index is 12.5. The van der Waals surface area contributed by atoms with Crippen molar-refractivity contribution in [3.05, 3.63) is 30.1 Å². The van der Waals surface area contributed by atoms with Gasteiger partial charge >= 0.3 is 0 Å². The molecule has 1 spiro atoms. The van der Waals surface area contributed by atoms with Crippen LogP contribution in [0.2, 0.25) is 0 Å². The van der Waals surface area contributed by atoms with Gasteiger partial charge in [-0.05, 0) is 43.2 Å². The molecule has 2 fully saturated rings. The Bertz CT molecular complexity index is 489. The van der Waals surface area contributed by atoms with Crippen molar-refractivity contribution in [1.29, 1.82) is 0 Å². The van der Waals surface area contributed by atoms with Crippen molar-refractivity contribution in [1.82, 2.24) is 4.98 Å². The highest BCUT2D eigenvalue weighted by Gasteiger charge is 2.44. The zero-order valence-electron chi connectivity index (χ0n) is 11.1. The molecule has 3 rings (SSSR count). The highest BCUT2D eigenvalue weighted by molar-refractivity contribution is 6.11. The number of ketones is 2. The summed E-state index contributed by atoms with van der Waals surface area (Å²) >= 11 is 0. The molecule has 1 aromatic rings. The monoisotopic (exact) mass is 257 g/mol. The molecule has 0 bridgehead atoms. The summed E-state index contributed by atoms with van der Waals surface area (Å²) in [6, 6.07) is 3.43. The van der Waals surface area contributed by atoms with Crippen LogP contribution in [0.3, 0.4) is 0 Å². The molecule has 0 radical (unpaired) electrons. The van der Waals surface area contributed by atoms with E-state index in [1.165, 1.54) is 25.7 Å². The van der Waals surface area contributed by atoms with E-state index in [4.69, 9.17) is 0 Å². The Morgan fingerprint density at radius 2 is 1.84 bits per heavy atom. The number of pyridine rings is 1. The van der Waals surface area contributed by atoms with Crippen LogP contribution in [-0.2, 0) is 4.79 Å². The number of hydrogen-bond donors (Lipinski definition) is 0. The van der Waals surface area contributed by atoms with Gasteiger partial charge in [-0.2, -0.15) is 0 Å². The van der Waals surface area contributed by atoms with Crippen molar-refractivity contribution in [2.24, 2.45) is 11.3 Å². The molecular formula is C16H19NO2.